The highest BCUT2D eigenvalue weighted by Gasteiger charge is 2.42. The third-order valence-electron chi connectivity index (χ3n) is 5.54. The van der Waals surface area contributed by atoms with E-state index in [0.29, 0.717) is 5.41 Å². The van der Waals surface area contributed by atoms with Crippen LogP contribution < -0.4 is 10.2 Å². The summed E-state index contributed by atoms with van der Waals surface area (Å²) in [5, 5.41) is 3.50. The molecule has 0 spiro atoms. The molecular formula is C21H35IN4O. The van der Waals surface area contributed by atoms with Crippen LogP contribution in [0.15, 0.2) is 35.3 Å². The zero-order chi connectivity index (χ0) is 18.2. The molecule has 2 fully saturated rings. The van der Waals surface area contributed by atoms with Crippen LogP contribution in [0.4, 0.5) is 5.69 Å². The van der Waals surface area contributed by atoms with Crippen molar-refractivity contribution in [2.45, 2.75) is 33.1 Å². The molecule has 0 radical (unpaired) electrons. The molecule has 5 nitrogen and oxygen atoms in total. The summed E-state index contributed by atoms with van der Waals surface area (Å²) in [7, 11) is 0. The molecule has 1 N–H and O–H groups in total. The number of guanidine groups is 1. The Morgan fingerprint density at radius 1 is 1.11 bits per heavy atom. The van der Waals surface area contributed by atoms with Gasteiger partial charge in [0.05, 0.1) is 0 Å². The van der Waals surface area contributed by atoms with Gasteiger partial charge in [-0.1, -0.05) is 18.2 Å². The van der Waals surface area contributed by atoms with Gasteiger partial charge >= 0.3 is 0 Å². The molecule has 1 saturated carbocycles. The maximum atomic E-state index is 5.55. The van der Waals surface area contributed by atoms with Crippen molar-refractivity contribution in [2.75, 3.05) is 57.4 Å². The van der Waals surface area contributed by atoms with E-state index in [1.165, 1.54) is 18.5 Å². The number of ether oxygens (including phenoxy) is 1. The largest absolute Gasteiger partial charge is 0.382 e. The Labute approximate surface area is 181 Å². The molecule has 27 heavy (non-hydrogen) atoms. The molecular weight excluding hydrogens is 451 g/mol. The van der Waals surface area contributed by atoms with Gasteiger partial charge in [0, 0.05) is 58.2 Å². The average Bonchev–Trinajstić information content (AvgIpc) is 3.46. The summed E-state index contributed by atoms with van der Waals surface area (Å²) in [4.78, 5) is 9.89. The summed E-state index contributed by atoms with van der Waals surface area (Å²) in [5.41, 5.74) is 1.73. The first kappa shape index (κ1) is 22.3. The highest BCUT2D eigenvalue weighted by molar-refractivity contribution is 14.0. The second kappa shape index (κ2) is 11.1. The highest BCUT2D eigenvalue weighted by Crippen LogP contribution is 2.49. The zero-order valence-corrected chi connectivity index (χ0v) is 19.2. The van der Waals surface area contributed by atoms with Crippen LogP contribution >= 0.6 is 24.0 Å². The Morgan fingerprint density at radius 3 is 2.41 bits per heavy atom. The van der Waals surface area contributed by atoms with Crippen molar-refractivity contribution >= 4 is 35.6 Å². The topological polar surface area (TPSA) is 40.1 Å². The van der Waals surface area contributed by atoms with Crippen molar-refractivity contribution in [3.05, 3.63) is 30.3 Å². The molecule has 1 aliphatic heterocycles. The van der Waals surface area contributed by atoms with Crippen molar-refractivity contribution in [3.8, 4) is 0 Å². The van der Waals surface area contributed by atoms with Gasteiger partial charge in [-0.05, 0) is 50.7 Å². The van der Waals surface area contributed by atoms with Crippen LogP contribution in [0.3, 0.4) is 0 Å². The Morgan fingerprint density at radius 2 is 1.81 bits per heavy atom. The number of anilines is 1. The van der Waals surface area contributed by atoms with Crippen LogP contribution in [-0.4, -0.2) is 63.3 Å². The third kappa shape index (κ3) is 6.52. The van der Waals surface area contributed by atoms with Crippen LogP contribution in [0.2, 0.25) is 0 Å². The van der Waals surface area contributed by atoms with E-state index in [1.54, 1.807) is 0 Å². The molecule has 1 saturated heterocycles. The van der Waals surface area contributed by atoms with E-state index in [1.807, 2.05) is 0 Å². The minimum atomic E-state index is 0. The SMILES string of the molecule is CCNC(=NCC1(CCOCC)CC1)N1CCN(c2ccccc2)CC1.I. The Balaban J connectivity index is 0.00000261. The molecule has 1 heterocycles. The second-order valence-corrected chi connectivity index (χ2v) is 7.43. The van der Waals surface area contributed by atoms with E-state index < -0.39 is 0 Å². The molecule has 1 aliphatic carbocycles. The van der Waals surface area contributed by atoms with Crippen LogP contribution in [0, 0.1) is 5.41 Å². The number of aliphatic imine (C=N–C) groups is 1. The first-order valence-corrected chi connectivity index (χ1v) is 10.2. The fourth-order valence-electron chi connectivity index (χ4n) is 3.58. The smallest absolute Gasteiger partial charge is 0.194 e. The Hall–Kier alpha value is -1.02. The lowest BCUT2D eigenvalue weighted by atomic mass is 10.0. The summed E-state index contributed by atoms with van der Waals surface area (Å²) in [6.45, 7) is 11.9. The number of para-hydroxylation sites is 1. The molecule has 0 amide bonds. The van der Waals surface area contributed by atoms with Crippen LogP contribution in [0.1, 0.15) is 33.1 Å². The van der Waals surface area contributed by atoms with Crippen molar-refractivity contribution in [1.82, 2.24) is 10.2 Å². The van der Waals surface area contributed by atoms with E-state index in [-0.39, 0.29) is 24.0 Å². The van der Waals surface area contributed by atoms with E-state index in [4.69, 9.17) is 9.73 Å². The number of nitrogens with zero attached hydrogens (tertiary/aromatic N) is 3. The predicted molar refractivity (Wildman–Crippen MR) is 124 cm³/mol. The minimum Gasteiger partial charge on any atom is -0.382 e. The highest BCUT2D eigenvalue weighted by atomic mass is 127. The predicted octanol–water partition coefficient (Wildman–Crippen LogP) is 3.60. The average molecular weight is 486 g/mol. The van der Waals surface area contributed by atoms with Gasteiger partial charge < -0.3 is 19.9 Å². The standard InChI is InChI=1S/C21H34N4O.HI/c1-3-22-20(23-18-21(10-11-21)12-17-26-4-2)25-15-13-24(14-16-25)19-8-6-5-7-9-19;/h5-9H,3-4,10-18H2,1-2H3,(H,22,23);1H. The number of piperazine rings is 1. The molecule has 3 rings (SSSR count). The Kier molecular flexibility index (Phi) is 9.15. The fourth-order valence-corrected chi connectivity index (χ4v) is 3.58. The van der Waals surface area contributed by atoms with Gasteiger partial charge in [-0.2, -0.15) is 0 Å². The van der Waals surface area contributed by atoms with Gasteiger partial charge in [0.2, 0.25) is 0 Å². The van der Waals surface area contributed by atoms with Crippen molar-refractivity contribution < 1.29 is 4.74 Å². The lowest BCUT2D eigenvalue weighted by molar-refractivity contribution is 0.129. The van der Waals surface area contributed by atoms with Crippen molar-refractivity contribution in [3.63, 3.8) is 0 Å². The lowest BCUT2D eigenvalue weighted by Gasteiger charge is -2.37. The van der Waals surface area contributed by atoms with Gasteiger partial charge in [0.25, 0.3) is 0 Å². The van der Waals surface area contributed by atoms with Crippen LogP contribution in [-0.2, 0) is 4.74 Å². The van der Waals surface area contributed by atoms with E-state index in [2.05, 4.69) is 59.3 Å². The van der Waals surface area contributed by atoms with E-state index in [0.717, 1.165) is 64.9 Å². The normalized spacial score (nSPS) is 18.8. The number of hydrogen-bond donors (Lipinski definition) is 1. The molecule has 1 aromatic rings. The molecule has 0 bridgehead atoms. The van der Waals surface area contributed by atoms with Crippen molar-refractivity contribution in [1.29, 1.82) is 0 Å². The molecule has 6 heteroatoms. The number of benzene rings is 1. The number of halogens is 1. The summed E-state index contributed by atoms with van der Waals surface area (Å²) < 4.78 is 5.55. The summed E-state index contributed by atoms with van der Waals surface area (Å²) in [6.07, 6.45) is 3.74. The number of rotatable bonds is 8. The van der Waals surface area contributed by atoms with Crippen molar-refractivity contribution in [2.24, 2.45) is 10.4 Å². The van der Waals surface area contributed by atoms with Gasteiger partial charge in [-0.25, -0.2) is 0 Å². The van der Waals surface area contributed by atoms with Gasteiger partial charge in [-0.15, -0.1) is 24.0 Å². The monoisotopic (exact) mass is 486 g/mol. The summed E-state index contributed by atoms with van der Waals surface area (Å²) in [6, 6.07) is 10.7. The second-order valence-electron chi connectivity index (χ2n) is 7.43. The minimum absolute atomic E-state index is 0. The molecule has 1 aromatic carbocycles. The Bertz CT molecular complexity index is 569. The van der Waals surface area contributed by atoms with Gasteiger partial charge in [0.1, 0.15) is 0 Å². The maximum Gasteiger partial charge on any atom is 0.194 e. The van der Waals surface area contributed by atoms with Crippen LogP contribution in [0.25, 0.3) is 0 Å². The molecule has 2 aliphatic rings. The van der Waals surface area contributed by atoms with E-state index >= 15 is 0 Å². The maximum absolute atomic E-state index is 5.55. The first-order valence-electron chi connectivity index (χ1n) is 10.2. The molecule has 0 atom stereocenters. The number of nitrogens with one attached hydrogen (secondary N) is 1. The molecule has 0 unspecified atom stereocenters. The fraction of sp³-hybridized carbons (Fsp3) is 0.667. The van der Waals surface area contributed by atoms with Crippen LogP contribution in [0.5, 0.6) is 0 Å². The lowest BCUT2D eigenvalue weighted by Crippen LogP contribution is -2.52. The van der Waals surface area contributed by atoms with Gasteiger partial charge in [0.15, 0.2) is 5.96 Å². The van der Waals surface area contributed by atoms with Gasteiger partial charge in [-0.3, -0.25) is 4.99 Å². The summed E-state index contributed by atoms with van der Waals surface area (Å²) >= 11 is 0. The first-order chi connectivity index (χ1) is 12.8. The molecule has 152 valence electrons. The third-order valence-corrected chi connectivity index (χ3v) is 5.54. The molecule has 0 aromatic heterocycles. The summed E-state index contributed by atoms with van der Waals surface area (Å²) in [5.74, 6) is 1.09. The quantitative estimate of drug-likeness (QED) is 0.264. The zero-order valence-electron chi connectivity index (χ0n) is 16.8. The van der Waals surface area contributed by atoms with E-state index in [9.17, 15) is 0 Å². The number of hydrogen-bond acceptors (Lipinski definition) is 3.